The molecule has 1 aromatic rings. The monoisotopic (exact) mass is 279 g/mol. The van der Waals surface area contributed by atoms with Crippen LogP contribution in [0.1, 0.15) is 37.8 Å². The minimum absolute atomic E-state index is 0.408. The van der Waals surface area contributed by atoms with Crippen LogP contribution in [0.4, 0.5) is 0 Å². The van der Waals surface area contributed by atoms with Crippen molar-refractivity contribution in [3.05, 3.63) is 46.5 Å². The predicted molar refractivity (Wildman–Crippen MR) is 72.5 cm³/mol. The van der Waals surface area contributed by atoms with Crippen LogP contribution in [0, 0.1) is 0 Å². The van der Waals surface area contributed by atoms with Crippen LogP contribution < -0.4 is 5.32 Å². The number of allylic oxidation sites excluding steroid dienone is 1. The highest BCUT2D eigenvalue weighted by atomic mass is 79.9. The zero-order valence-corrected chi connectivity index (χ0v) is 11.2. The topological polar surface area (TPSA) is 12.0 Å². The summed E-state index contributed by atoms with van der Waals surface area (Å²) in [6.45, 7) is 2.23. The molecule has 0 radical (unpaired) electrons. The molecule has 16 heavy (non-hydrogen) atoms. The highest BCUT2D eigenvalue weighted by Crippen LogP contribution is 2.20. The van der Waals surface area contributed by atoms with Gasteiger partial charge >= 0.3 is 0 Å². The number of hydrogen-bond donors (Lipinski definition) is 1. The fourth-order valence-electron chi connectivity index (χ4n) is 2.14. The lowest BCUT2D eigenvalue weighted by Crippen LogP contribution is -2.30. The molecule has 1 aliphatic rings. The van der Waals surface area contributed by atoms with Crippen molar-refractivity contribution in [1.29, 1.82) is 0 Å². The molecule has 0 saturated heterocycles. The molecule has 0 heterocycles. The fourth-order valence-corrected chi connectivity index (χ4v) is 2.56. The van der Waals surface area contributed by atoms with Crippen molar-refractivity contribution in [1.82, 2.24) is 5.32 Å². The van der Waals surface area contributed by atoms with Crippen LogP contribution in [0.2, 0.25) is 0 Å². The van der Waals surface area contributed by atoms with Gasteiger partial charge < -0.3 is 5.32 Å². The van der Waals surface area contributed by atoms with E-state index in [1.165, 1.54) is 24.8 Å². The number of nitrogens with one attached hydrogen (secondary N) is 1. The van der Waals surface area contributed by atoms with Crippen molar-refractivity contribution < 1.29 is 0 Å². The summed E-state index contributed by atoms with van der Waals surface area (Å²) in [4.78, 5) is 0. The van der Waals surface area contributed by atoms with Crippen LogP contribution in [-0.2, 0) is 0 Å². The third kappa shape index (κ3) is 3.19. The molecular weight excluding hydrogens is 262 g/mol. The van der Waals surface area contributed by atoms with Crippen LogP contribution in [-0.4, -0.2) is 6.04 Å². The van der Waals surface area contributed by atoms with Gasteiger partial charge in [-0.2, -0.15) is 0 Å². The Hall–Kier alpha value is -0.600. The molecule has 0 fully saturated rings. The summed E-state index contributed by atoms with van der Waals surface area (Å²) in [5.74, 6) is 0. The zero-order valence-electron chi connectivity index (χ0n) is 9.62. The van der Waals surface area contributed by atoms with E-state index in [2.05, 4.69) is 64.6 Å². The molecule has 2 atom stereocenters. The Morgan fingerprint density at radius 2 is 2.31 bits per heavy atom. The van der Waals surface area contributed by atoms with Crippen molar-refractivity contribution >= 4 is 15.9 Å². The van der Waals surface area contributed by atoms with E-state index in [1.807, 2.05) is 0 Å². The second-order valence-corrected chi connectivity index (χ2v) is 5.32. The van der Waals surface area contributed by atoms with Crippen molar-refractivity contribution in [2.24, 2.45) is 0 Å². The molecule has 0 saturated carbocycles. The molecule has 1 nitrogen and oxygen atoms in total. The minimum atomic E-state index is 0.408. The normalized spacial score (nSPS) is 22.0. The molecule has 1 aliphatic carbocycles. The lowest BCUT2D eigenvalue weighted by molar-refractivity contribution is 0.467. The molecule has 0 spiro atoms. The van der Waals surface area contributed by atoms with E-state index in [0.717, 1.165) is 4.47 Å². The van der Waals surface area contributed by atoms with Gasteiger partial charge in [0.15, 0.2) is 0 Å². The number of benzene rings is 1. The van der Waals surface area contributed by atoms with Crippen molar-refractivity contribution in [3.8, 4) is 0 Å². The van der Waals surface area contributed by atoms with E-state index in [0.29, 0.717) is 12.1 Å². The lowest BCUT2D eigenvalue weighted by atomic mass is 10.0. The van der Waals surface area contributed by atoms with Gasteiger partial charge in [0.1, 0.15) is 0 Å². The molecule has 0 aromatic heterocycles. The number of rotatable bonds is 3. The van der Waals surface area contributed by atoms with Crippen LogP contribution >= 0.6 is 15.9 Å². The van der Waals surface area contributed by atoms with Crippen molar-refractivity contribution in [2.75, 3.05) is 0 Å². The first-order chi connectivity index (χ1) is 7.75. The third-order valence-electron chi connectivity index (χ3n) is 3.07. The van der Waals surface area contributed by atoms with Crippen molar-refractivity contribution in [2.45, 2.75) is 38.3 Å². The van der Waals surface area contributed by atoms with Crippen molar-refractivity contribution in [3.63, 3.8) is 0 Å². The van der Waals surface area contributed by atoms with E-state index < -0.39 is 0 Å². The van der Waals surface area contributed by atoms with E-state index in [-0.39, 0.29) is 0 Å². The van der Waals surface area contributed by atoms with Gasteiger partial charge in [-0.15, -0.1) is 0 Å². The molecule has 2 heteroatoms. The van der Waals surface area contributed by atoms with Gasteiger partial charge in [-0.25, -0.2) is 0 Å². The van der Waals surface area contributed by atoms with Gasteiger partial charge in [-0.05, 0) is 43.9 Å². The fraction of sp³-hybridized carbons (Fsp3) is 0.429. The molecule has 0 aliphatic heterocycles. The highest BCUT2D eigenvalue weighted by molar-refractivity contribution is 9.10. The molecular formula is C14H18BrN. The lowest BCUT2D eigenvalue weighted by Gasteiger charge is -2.23. The predicted octanol–water partition coefficient (Wildman–Crippen LogP) is 4.21. The first-order valence-corrected chi connectivity index (χ1v) is 6.73. The van der Waals surface area contributed by atoms with E-state index in [4.69, 9.17) is 0 Å². The Kier molecular flexibility index (Phi) is 4.19. The molecule has 86 valence electrons. The Balaban J connectivity index is 1.99. The molecule has 1 unspecified atom stereocenters. The van der Waals surface area contributed by atoms with E-state index >= 15 is 0 Å². The Labute approximate surface area is 106 Å². The Morgan fingerprint density at radius 3 is 3.00 bits per heavy atom. The summed E-state index contributed by atoms with van der Waals surface area (Å²) < 4.78 is 1.15. The maximum atomic E-state index is 3.65. The van der Waals surface area contributed by atoms with Gasteiger partial charge in [0.2, 0.25) is 0 Å². The molecule has 2 rings (SSSR count). The standard InChI is InChI=1S/C14H18BrN/c1-11(12-6-5-7-13(15)10-12)16-14-8-3-2-4-9-14/h3,5-8,10-11,14,16H,2,4,9H2,1H3/t11-,14?/m0/s1. The van der Waals surface area contributed by atoms with Gasteiger partial charge in [0, 0.05) is 16.6 Å². The van der Waals surface area contributed by atoms with Crippen LogP contribution in [0.3, 0.4) is 0 Å². The average Bonchev–Trinajstić information content (AvgIpc) is 2.30. The second kappa shape index (κ2) is 5.65. The molecule has 1 aromatic carbocycles. The largest absolute Gasteiger partial charge is 0.304 e. The van der Waals surface area contributed by atoms with Crippen LogP contribution in [0.25, 0.3) is 0 Å². The SMILES string of the molecule is C[C@H](NC1C=CCCC1)c1cccc(Br)c1. The molecule has 0 bridgehead atoms. The summed E-state index contributed by atoms with van der Waals surface area (Å²) in [5, 5.41) is 3.65. The molecule has 0 amide bonds. The van der Waals surface area contributed by atoms with Crippen LogP contribution in [0.15, 0.2) is 40.9 Å². The maximum Gasteiger partial charge on any atom is 0.0297 e. The van der Waals surface area contributed by atoms with Gasteiger partial charge in [0.05, 0.1) is 0 Å². The molecule has 1 N–H and O–H groups in total. The van der Waals surface area contributed by atoms with Crippen LogP contribution in [0.5, 0.6) is 0 Å². The van der Waals surface area contributed by atoms with Gasteiger partial charge in [-0.1, -0.05) is 40.2 Å². The summed E-state index contributed by atoms with van der Waals surface area (Å²) >= 11 is 3.51. The maximum absolute atomic E-state index is 3.65. The van der Waals surface area contributed by atoms with Gasteiger partial charge in [-0.3, -0.25) is 0 Å². The summed E-state index contributed by atoms with van der Waals surface area (Å²) in [5.41, 5.74) is 1.34. The quantitative estimate of drug-likeness (QED) is 0.818. The Bertz CT molecular complexity index is 373. The number of halogens is 1. The zero-order chi connectivity index (χ0) is 11.4. The third-order valence-corrected chi connectivity index (χ3v) is 3.56. The van der Waals surface area contributed by atoms with E-state index in [9.17, 15) is 0 Å². The van der Waals surface area contributed by atoms with Gasteiger partial charge in [0.25, 0.3) is 0 Å². The number of hydrogen-bond acceptors (Lipinski definition) is 1. The summed E-state index contributed by atoms with van der Waals surface area (Å²) in [6, 6.07) is 9.47. The Morgan fingerprint density at radius 1 is 1.44 bits per heavy atom. The smallest absolute Gasteiger partial charge is 0.0297 e. The summed E-state index contributed by atoms with van der Waals surface area (Å²) in [6.07, 6.45) is 8.39. The van der Waals surface area contributed by atoms with E-state index in [1.54, 1.807) is 0 Å². The first kappa shape index (κ1) is 11.9. The first-order valence-electron chi connectivity index (χ1n) is 5.94. The minimum Gasteiger partial charge on any atom is -0.304 e. The summed E-state index contributed by atoms with van der Waals surface area (Å²) in [7, 11) is 0. The average molecular weight is 280 g/mol. The second-order valence-electron chi connectivity index (χ2n) is 4.41. The highest BCUT2D eigenvalue weighted by Gasteiger charge is 2.12.